The third-order valence-corrected chi connectivity index (χ3v) is 28.5. The van der Waals surface area contributed by atoms with Crippen LogP contribution in [0.3, 0.4) is 0 Å². The Labute approximate surface area is 722 Å². The Morgan fingerprint density at radius 3 is 1.46 bits per heavy atom. The molecule has 0 bridgehead atoms. The van der Waals surface area contributed by atoms with Gasteiger partial charge in [0, 0.05) is 128 Å². The largest absolute Gasteiger partial charge is 0.420 e. The molecule has 8 aliphatic rings. The molecule has 8 heterocycles. The summed E-state index contributed by atoms with van der Waals surface area (Å²) in [6, 6.07) is 2.00. The summed E-state index contributed by atoms with van der Waals surface area (Å²) in [6.07, 6.45) is 22.7. The van der Waals surface area contributed by atoms with Gasteiger partial charge in [-0.25, -0.2) is 4.98 Å². The predicted octanol–water partition coefficient (Wildman–Crippen LogP) is 13.6. The summed E-state index contributed by atoms with van der Waals surface area (Å²) in [7, 11) is 0.425. The van der Waals surface area contributed by atoms with Crippen LogP contribution in [0, 0.1) is 49.4 Å². The summed E-state index contributed by atoms with van der Waals surface area (Å²) in [5.41, 5.74) is 10.1. The summed E-state index contributed by atoms with van der Waals surface area (Å²) in [4.78, 5) is 90.8. The first-order valence-corrected chi connectivity index (χ1v) is 49.8. The number of hydrogen-bond acceptors (Lipinski definition) is 21. The number of carbonyl (C=O) groups excluding carboxylic acids is 5. The minimum atomic E-state index is -1.41. The molecule has 1 aromatic rings. The third-order valence-electron chi connectivity index (χ3n) is 25.8. The van der Waals surface area contributed by atoms with Crippen molar-refractivity contribution in [3.05, 3.63) is 11.6 Å². The number of anilines is 1. The van der Waals surface area contributed by atoms with E-state index in [-0.39, 0.29) is 105 Å². The normalized spacial score (nSPS) is 26.0. The number of hydrogen-bond donors (Lipinski definition) is 10. The van der Waals surface area contributed by atoms with Crippen molar-refractivity contribution in [2.24, 2.45) is 47.0 Å². The molecule has 1 aromatic heterocycles. The van der Waals surface area contributed by atoms with Gasteiger partial charge in [0.2, 0.25) is 35.5 Å². The van der Waals surface area contributed by atoms with Crippen molar-refractivity contribution < 1.29 is 34.6 Å². The molecule has 0 radical (unpaired) electrons. The van der Waals surface area contributed by atoms with Gasteiger partial charge in [-0.05, 0) is 319 Å². The summed E-state index contributed by atoms with van der Waals surface area (Å²) in [5.74, 6) is 0.614. The zero-order valence-corrected chi connectivity index (χ0v) is 82.0. The van der Waals surface area contributed by atoms with Crippen LogP contribution in [0.15, 0.2) is 0 Å². The van der Waals surface area contributed by atoms with Gasteiger partial charge in [0.15, 0.2) is 8.32 Å². The van der Waals surface area contributed by atoms with Gasteiger partial charge >= 0.3 is 0 Å². The van der Waals surface area contributed by atoms with E-state index in [1.165, 1.54) is 57.5 Å². The highest BCUT2D eigenvalue weighted by Gasteiger charge is 2.58. The standard InChI is InChI=1S/C36H62N4O4.C21H36N6O.C15H33NO2Si.C13H28N2.C8H22N4.H2/c1-13-21(3)15-27-28(32(44)40(31(27)43)25-19-35(9,10)38-36(11,12)20-25)23(14-2)16-26-22(4)29(41)39(30(26)42)24-17-33(5,6)37-34(7,8)18-24;1-15-22-16(2)24-19(23-15)27(17-10-8-7-9-11-17)13-12-26-14-20(3,4)25-21(5,6)18(26)28;1-14(2)11-13(12-15(3,4)16-14)18-9-8-10-19(6,7)17-5;1-6-7-8-14-11-9-12(2,3)15-13(4,5)10-11;9-3-1-5-11-7-8-12-6-2-4-10;/h21-28,37-38H,13-20H2,1-12H3;17,25H,7-14H2,1-6H3;13,16H,8-12H2,1-7H3;11,14-15H,6-10H2,1-5H3;11-12H,1-10H2;1H. The smallest absolute Gasteiger partial charge is 0.242 e. The Kier molecular flexibility index (Phi) is 39.9. The molecule has 1 saturated carbocycles. The molecule has 5 amide bonds. The average Bonchev–Trinajstić information content (AvgIpc) is 1.59. The van der Waals surface area contributed by atoms with Crippen LogP contribution in [-0.4, -0.2) is 232 Å². The molecule has 9 rings (SSSR count). The molecule has 12 N–H and O–H groups in total. The fourth-order valence-electron chi connectivity index (χ4n) is 21.7. The summed E-state index contributed by atoms with van der Waals surface area (Å²) >= 11 is 0. The molecular formula is C93H183N17O7Si. The number of nitrogens with two attached hydrogens (primary N) is 2. The van der Waals surface area contributed by atoms with Crippen molar-refractivity contribution in [2.45, 2.75) is 433 Å². The molecular weight excluding hydrogens is 1500 g/mol. The SMILES string of the molecule is CCC(C)CC1C(=O)N(C2CC(C)(C)NC(C)(C)C2)C(=O)C1C(CC)CC1C(=O)N(C2CC(C)(C)NC(C)(C)C2)C(=O)C1C.CCCCNC1CC(C)(C)NC(C)(C)C1.CO[Si](C)(C)CCCOC1CC(C)(C)NC(C)(C)C1.Cc1nc(C)nc(N(CCN2CC(C)(C)NC(C)(C)C2=O)C2CCCCC2)n1.NCCCNCCNCCCN.[HH]. The predicted molar refractivity (Wildman–Crippen MR) is 492 cm³/mol. The maximum absolute atomic E-state index is 14.5. The van der Waals surface area contributed by atoms with Gasteiger partial charge in [-0.3, -0.25) is 39.1 Å². The van der Waals surface area contributed by atoms with Gasteiger partial charge in [-0.15, -0.1) is 0 Å². The second-order valence-electron chi connectivity index (χ2n) is 44.2. The number of amides is 5. The Morgan fingerprint density at radius 1 is 0.551 bits per heavy atom. The molecule has 118 heavy (non-hydrogen) atoms. The number of rotatable bonds is 33. The van der Waals surface area contributed by atoms with E-state index in [1.54, 1.807) is 9.80 Å². The number of piperazine rings is 1. The molecule has 0 spiro atoms. The first kappa shape index (κ1) is 105. The van der Waals surface area contributed by atoms with E-state index in [4.69, 9.17) is 20.6 Å². The van der Waals surface area contributed by atoms with Gasteiger partial charge in [0.25, 0.3) is 0 Å². The molecule has 1 aliphatic carbocycles. The van der Waals surface area contributed by atoms with Crippen molar-refractivity contribution in [3.8, 4) is 0 Å². The molecule has 8 fully saturated rings. The Hall–Kier alpha value is -3.70. The van der Waals surface area contributed by atoms with Crippen LogP contribution in [0.1, 0.15) is 327 Å². The average molecular weight is 1680 g/mol. The molecule has 6 unspecified atom stereocenters. The van der Waals surface area contributed by atoms with Crippen LogP contribution < -0.4 is 58.9 Å². The third kappa shape index (κ3) is 33.7. The Bertz CT molecular complexity index is 3180. The van der Waals surface area contributed by atoms with E-state index < -0.39 is 31.6 Å². The second kappa shape index (κ2) is 44.9. The summed E-state index contributed by atoms with van der Waals surface area (Å²) < 4.78 is 11.7. The number of imide groups is 2. The number of ether oxygens (including phenoxy) is 1. The number of piperidine rings is 4. The quantitative estimate of drug-likeness (QED) is 0.0178. The van der Waals surface area contributed by atoms with Crippen LogP contribution in [0.25, 0.3) is 0 Å². The number of likely N-dealkylation sites (tertiary alicyclic amines) is 2. The van der Waals surface area contributed by atoms with Crippen LogP contribution >= 0.6 is 0 Å². The highest BCUT2D eigenvalue weighted by atomic mass is 28.4. The van der Waals surface area contributed by atoms with Gasteiger partial charge < -0.3 is 67.6 Å². The Balaban J connectivity index is 0.000000340. The zero-order chi connectivity index (χ0) is 89.0. The highest BCUT2D eigenvalue weighted by Crippen LogP contribution is 2.47. The first-order valence-electron chi connectivity index (χ1n) is 46.7. The molecule has 7 aliphatic heterocycles. The number of aryl methyl sites for hydroxylation is 2. The fourth-order valence-corrected chi connectivity index (χ4v) is 22.9. The topological polar surface area (TPSA) is 304 Å². The summed E-state index contributed by atoms with van der Waals surface area (Å²) in [5, 5.41) is 28.5. The first-order chi connectivity index (χ1) is 54.5. The zero-order valence-electron chi connectivity index (χ0n) is 81.0. The number of aromatic nitrogens is 3. The van der Waals surface area contributed by atoms with Crippen molar-refractivity contribution >= 4 is 43.8 Å². The van der Waals surface area contributed by atoms with Crippen molar-refractivity contribution in [2.75, 3.05) is 84.1 Å². The van der Waals surface area contributed by atoms with E-state index >= 15 is 0 Å². The number of nitrogens with one attached hydrogen (secondary N) is 8. The van der Waals surface area contributed by atoms with Crippen LogP contribution in [0.4, 0.5) is 5.95 Å². The van der Waals surface area contributed by atoms with Crippen molar-refractivity contribution in [3.63, 3.8) is 0 Å². The van der Waals surface area contributed by atoms with Gasteiger partial charge in [-0.1, -0.05) is 73.1 Å². The maximum Gasteiger partial charge on any atom is 0.242 e. The molecule has 686 valence electrons. The number of carbonyl (C=O) groups is 5. The molecule has 25 heteroatoms. The van der Waals surface area contributed by atoms with Crippen LogP contribution in [0.2, 0.25) is 19.1 Å². The molecule has 0 aromatic carbocycles. The fraction of sp³-hybridized carbons (Fsp3) is 0.914. The Morgan fingerprint density at radius 2 is 1.01 bits per heavy atom. The molecule has 24 nitrogen and oxygen atoms in total. The van der Waals surface area contributed by atoms with Gasteiger partial charge in [0.05, 0.1) is 29.4 Å². The minimum absolute atomic E-state index is 0. The number of nitrogens with zero attached hydrogens (tertiary/aromatic N) is 7. The van der Waals surface area contributed by atoms with Crippen LogP contribution in [0.5, 0.6) is 0 Å². The van der Waals surface area contributed by atoms with E-state index in [0.717, 1.165) is 147 Å². The lowest BCUT2D eigenvalue weighted by Crippen LogP contribution is -2.70. The minimum Gasteiger partial charge on any atom is -0.420 e. The lowest BCUT2D eigenvalue weighted by atomic mass is 9.73. The van der Waals surface area contributed by atoms with E-state index in [0.29, 0.717) is 56.5 Å². The van der Waals surface area contributed by atoms with E-state index in [1.807, 2.05) is 46.6 Å². The molecule has 7 saturated heterocycles. The maximum atomic E-state index is 14.5. The summed E-state index contributed by atoms with van der Waals surface area (Å²) in [6.45, 7) is 72.4. The highest BCUT2D eigenvalue weighted by molar-refractivity contribution is 6.71. The van der Waals surface area contributed by atoms with Crippen molar-refractivity contribution in [1.29, 1.82) is 0 Å². The number of unbranched alkanes of at least 4 members (excludes halogenated alkanes) is 1. The monoisotopic (exact) mass is 1680 g/mol. The molecule has 6 atom stereocenters. The van der Waals surface area contributed by atoms with Crippen molar-refractivity contribution in [1.82, 2.24) is 72.2 Å². The van der Waals surface area contributed by atoms with Gasteiger partial charge in [0.1, 0.15) is 11.6 Å². The van der Waals surface area contributed by atoms with Crippen LogP contribution in [-0.2, 0) is 33.1 Å². The lowest BCUT2D eigenvalue weighted by Gasteiger charge is -2.48. The lowest BCUT2D eigenvalue weighted by molar-refractivity contribution is -0.147. The second-order valence-corrected chi connectivity index (χ2v) is 48.6. The van der Waals surface area contributed by atoms with E-state index in [9.17, 15) is 24.0 Å². The van der Waals surface area contributed by atoms with E-state index in [2.05, 4.69) is 228 Å². The van der Waals surface area contributed by atoms with Gasteiger partial charge in [-0.2, -0.15) is 9.97 Å².